The number of esters is 4. The average molecular weight is 569 g/mol. The van der Waals surface area contributed by atoms with E-state index >= 15 is 0 Å². The van der Waals surface area contributed by atoms with Crippen LogP contribution in [0.25, 0.3) is 22.3 Å². The zero-order valence-corrected chi connectivity index (χ0v) is 22.9. The first-order valence-corrected chi connectivity index (χ1v) is 12.7. The standard InChI is InChI=1S/C33H28O9/c1-6-17-38-27-18-23(40-31(35)8-3)15-16-24(27)26-20-28(41-32(36)9-4)25(19-29(26)42-33(37)10-5)21-11-13-22(14-12-21)39-30(34)7-2/h7-16,18-20H,2-6,17H2,1H3. The van der Waals surface area contributed by atoms with Gasteiger partial charge in [0.2, 0.25) is 0 Å². The molecule has 0 saturated heterocycles. The zero-order valence-electron chi connectivity index (χ0n) is 22.9. The summed E-state index contributed by atoms with van der Waals surface area (Å²) in [5.74, 6) is -1.79. The lowest BCUT2D eigenvalue weighted by Gasteiger charge is -2.19. The summed E-state index contributed by atoms with van der Waals surface area (Å²) in [4.78, 5) is 48.0. The molecule has 9 nitrogen and oxygen atoms in total. The predicted molar refractivity (Wildman–Crippen MR) is 156 cm³/mol. The first-order chi connectivity index (χ1) is 20.2. The van der Waals surface area contributed by atoms with Crippen LogP contribution in [0.15, 0.2) is 105 Å². The van der Waals surface area contributed by atoms with Crippen LogP contribution < -0.4 is 23.7 Å². The molecule has 0 aromatic heterocycles. The van der Waals surface area contributed by atoms with Gasteiger partial charge in [0.15, 0.2) is 0 Å². The van der Waals surface area contributed by atoms with Crippen molar-refractivity contribution in [1.82, 2.24) is 0 Å². The zero-order chi connectivity index (χ0) is 30.6. The summed E-state index contributed by atoms with van der Waals surface area (Å²) in [6.07, 6.45) is 4.75. The Balaban J connectivity index is 2.26. The van der Waals surface area contributed by atoms with E-state index in [0.29, 0.717) is 41.0 Å². The molecule has 0 aliphatic rings. The minimum absolute atomic E-state index is 0.0904. The van der Waals surface area contributed by atoms with Gasteiger partial charge in [-0.2, -0.15) is 0 Å². The van der Waals surface area contributed by atoms with Crippen LogP contribution in [-0.4, -0.2) is 30.5 Å². The third-order valence-electron chi connectivity index (χ3n) is 5.48. The Kier molecular flexibility index (Phi) is 10.7. The second kappa shape index (κ2) is 14.6. The summed E-state index contributed by atoms with van der Waals surface area (Å²) in [6, 6.07) is 14.0. The fourth-order valence-electron chi connectivity index (χ4n) is 3.60. The minimum atomic E-state index is -0.739. The van der Waals surface area contributed by atoms with Gasteiger partial charge >= 0.3 is 23.9 Å². The van der Waals surface area contributed by atoms with Crippen molar-refractivity contribution in [3.63, 3.8) is 0 Å². The van der Waals surface area contributed by atoms with Crippen molar-refractivity contribution in [3.05, 3.63) is 105 Å². The van der Waals surface area contributed by atoms with Crippen LogP contribution in [0.4, 0.5) is 0 Å². The molecule has 0 aliphatic carbocycles. The number of carbonyl (C=O) groups excluding carboxylic acids is 4. The van der Waals surface area contributed by atoms with E-state index in [-0.39, 0.29) is 23.0 Å². The highest BCUT2D eigenvalue weighted by Gasteiger charge is 2.21. The van der Waals surface area contributed by atoms with Gasteiger partial charge in [0, 0.05) is 47.1 Å². The Bertz CT molecular complexity index is 1550. The predicted octanol–water partition coefficient (Wildman–Crippen LogP) is 6.18. The number of hydrogen-bond acceptors (Lipinski definition) is 9. The number of ether oxygens (including phenoxy) is 5. The molecule has 3 aromatic rings. The van der Waals surface area contributed by atoms with Crippen molar-refractivity contribution in [3.8, 4) is 51.0 Å². The molecule has 0 aliphatic heterocycles. The summed E-state index contributed by atoms with van der Waals surface area (Å²) in [5.41, 5.74) is 1.68. The first kappa shape index (κ1) is 30.8. The molecule has 0 N–H and O–H groups in total. The Morgan fingerprint density at radius 1 is 0.571 bits per heavy atom. The smallest absolute Gasteiger partial charge is 0.335 e. The van der Waals surface area contributed by atoms with E-state index in [1.807, 2.05) is 6.92 Å². The van der Waals surface area contributed by atoms with Gasteiger partial charge in [-0.25, -0.2) is 19.2 Å². The van der Waals surface area contributed by atoms with Crippen LogP contribution in [0.5, 0.6) is 28.7 Å². The maximum atomic E-state index is 12.4. The number of rotatable bonds is 13. The van der Waals surface area contributed by atoms with E-state index < -0.39 is 23.9 Å². The van der Waals surface area contributed by atoms with Crippen molar-refractivity contribution in [2.75, 3.05) is 6.61 Å². The lowest BCUT2D eigenvalue weighted by atomic mass is 9.97. The quantitative estimate of drug-likeness (QED) is 0.136. The normalized spacial score (nSPS) is 10.0. The van der Waals surface area contributed by atoms with Crippen LogP contribution in [0, 0.1) is 0 Å². The highest BCUT2D eigenvalue weighted by Crippen LogP contribution is 2.45. The van der Waals surface area contributed by atoms with Gasteiger partial charge in [-0.15, -0.1) is 0 Å². The van der Waals surface area contributed by atoms with Crippen LogP contribution >= 0.6 is 0 Å². The fraction of sp³-hybridized carbons (Fsp3) is 0.0909. The second-order valence-corrected chi connectivity index (χ2v) is 8.38. The molecular weight excluding hydrogens is 540 g/mol. The summed E-state index contributed by atoms with van der Waals surface area (Å²) in [7, 11) is 0. The molecule has 0 saturated carbocycles. The van der Waals surface area contributed by atoms with E-state index in [9.17, 15) is 19.2 Å². The van der Waals surface area contributed by atoms with Gasteiger partial charge < -0.3 is 23.7 Å². The molecule has 0 amide bonds. The molecular formula is C33H28O9. The average Bonchev–Trinajstić information content (AvgIpc) is 3.00. The molecule has 0 unspecified atom stereocenters. The third-order valence-corrected chi connectivity index (χ3v) is 5.48. The summed E-state index contributed by atoms with van der Waals surface area (Å²) in [5, 5.41) is 0. The largest absolute Gasteiger partial charge is 0.493 e. The second-order valence-electron chi connectivity index (χ2n) is 8.38. The van der Waals surface area contributed by atoms with Crippen LogP contribution in [0.2, 0.25) is 0 Å². The lowest BCUT2D eigenvalue weighted by molar-refractivity contribution is -0.130. The van der Waals surface area contributed by atoms with Crippen LogP contribution in [-0.2, 0) is 19.2 Å². The maximum Gasteiger partial charge on any atom is 0.335 e. The molecule has 9 heteroatoms. The van der Waals surface area contributed by atoms with Gasteiger partial charge in [-0.3, -0.25) is 0 Å². The Hall–Kier alpha value is -5.70. The summed E-state index contributed by atoms with van der Waals surface area (Å²) < 4.78 is 27.5. The Morgan fingerprint density at radius 3 is 1.60 bits per heavy atom. The van der Waals surface area contributed by atoms with Crippen molar-refractivity contribution in [2.24, 2.45) is 0 Å². The van der Waals surface area contributed by atoms with Crippen molar-refractivity contribution in [1.29, 1.82) is 0 Å². The molecule has 214 valence electrons. The van der Waals surface area contributed by atoms with Gasteiger partial charge in [0.1, 0.15) is 28.7 Å². The maximum absolute atomic E-state index is 12.4. The number of benzene rings is 3. The highest BCUT2D eigenvalue weighted by molar-refractivity contribution is 5.92. The van der Waals surface area contributed by atoms with E-state index in [2.05, 4.69) is 26.3 Å². The van der Waals surface area contributed by atoms with E-state index in [0.717, 1.165) is 24.3 Å². The molecule has 0 heterocycles. The van der Waals surface area contributed by atoms with Crippen molar-refractivity contribution >= 4 is 23.9 Å². The van der Waals surface area contributed by atoms with E-state index in [1.165, 1.54) is 24.3 Å². The van der Waals surface area contributed by atoms with Gasteiger partial charge in [0.25, 0.3) is 0 Å². The molecule has 0 bridgehead atoms. The van der Waals surface area contributed by atoms with E-state index in [1.54, 1.807) is 30.3 Å². The molecule has 3 aromatic carbocycles. The van der Waals surface area contributed by atoms with Crippen molar-refractivity contribution in [2.45, 2.75) is 13.3 Å². The Labute approximate surface area is 242 Å². The topological polar surface area (TPSA) is 114 Å². The molecule has 0 fully saturated rings. The number of carbonyl (C=O) groups is 4. The first-order valence-electron chi connectivity index (χ1n) is 12.7. The Morgan fingerprint density at radius 2 is 1.05 bits per heavy atom. The SMILES string of the molecule is C=CC(=O)Oc1ccc(-c2cc(OC(=O)C=C)c(-c3ccc(OC(=O)C=C)cc3OCCC)cc2OC(=O)C=C)cc1. The molecule has 3 rings (SSSR count). The van der Waals surface area contributed by atoms with Gasteiger partial charge in [-0.05, 0) is 48.4 Å². The monoisotopic (exact) mass is 568 g/mol. The summed E-state index contributed by atoms with van der Waals surface area (Å²) in [6.45, 7) is 16.0. The molecule has 0 atom stereocenters. The lowest BCUT2D eigenvalue weighted by Crippen LogP contribution is -2.08. The molecule has 0 spiro atoms. The fourth-order valence-corrected chi connectivity index (χ4v) is 3.60. The van der Waals surface area contributed by atoms with Gasteiger partial charge in [-0.1, -0.05) is 45.4 Å². The third kappa shape index (κ3) is 7.92. The van der Waals surface area contributed by atoms with Gasteiger partial charge in [0.05, 0.1) is 6.61 Å². The highest BCUT2D eigenvalue weighted by atomic mass is 16.5. The molecule has 0 radical (unpaired) electrons. The van der Waals surface area contributed by atoms with Crippen LogP contribution in [0.1, 0.15) is 13.3 Å². The van der Waals surface area contributed by atoms with E-state index in [4.69, 9.17) is 23.7 Å². The summed E-state index contributed by atoms with van der Waals surface area (Å²) >= 11 is 0. The number of hydrogen-bond donors (Lipinski definition) is 0. The van der Waals surface area contributed by atoms with Crippen molar-refractivity contribution < 1.29 is 42.9 Å². The van der Waals surface area contributed by atoms with Crippen LogP contribution in [0.3, 0.4) is 0 Å². The minimum Gasteiger partial charge on any atom is -0.493 e. The molecule has 42 heavy (non-hydrogen) atoms.